The number of carbonyl (C=O) groups excluding carboxylic acids is 1. The summed E-state index contributed by atoms with van der Waals surface area (Å²) in [6, 6.07) is 12.2. The van der Waals surface area contributed by atoms with Crippen molar-refractivity contribution < 1.29 is 9.53 Å². The van der Waals surface area contributed by atoms with Gasteiger partial charge in [0.2, 0.25) is 5.91 Å². The standard InChI is InChI=1S/C23H20N6O2/c24-10-15-4-5-20(27-11-15)29-18-6-7-23(18)19(29)12-28(23)21(30)14-31-13-16-2-1-3-17-22(16)26-9-8-25-17/h1-5,8-9,11,18-19H,6-7,12-14H2. The smallest absolute Gasteiger partial charge is 0.249 e. The fourth-order valence-electron chi connectivity index (χ4n) is 5.44. The Hall–Kier alpha value is -3.57. The van der Waals surface area contributed by atoms with Crippen molar-refractivity contribution in [3.8, 4) is 6.07 Å². The highest BCUT2D eigenvalue weighted by Gasteiger charge is 2.76. The zero-order valence-electron chi connectivity index (χ0n) is 16.8. The van der Waals surface area contributed by atoms with Crippen LogP contribution in [0, 0.1) is 11.3 Å². The monoisotopic (exact) mass is 412 g/mol. The normalized spacial score (nSPS) is 25.5. The van der Waals surface area contributed by atoms with Crippen molar-refractivity contribution in [3.05, 3.63) is 60.0 Å². The maximum Gasteiger partial charge on any atom is 0.249 e. The van der Waals surface area contributed by atoms with Gasteiger partial charge in [0.15, 0.2) is 0 Å². The van der Waals surface area contributed by atoms with E-state index in [1.807, 2.05) is 29.2 Å². The van der Waals surface area contributed by atoms with Crippen LogP contribution in [0.15, 0.2) is 48.9 Å². The van der Waals surface area contributed by atoms with Crippen molar-refractivity contribution in [2.75, 3.05) is 18.1 Å². The summed E-state index contributed by atoms with van der Waals surface area (Å²) in [5.41, 5.74) is 3.07. The summed E-state index contributed by atoms with van der Waals surface area (Å²) in [5.74, 6) is 0.935. The van der Waals surface area contributed by atoms with E-state index in [2.05, 4.69) is 25.9 Å². The van der Waals surface area contributed by atoms with Gasteiger partial charge in [0.05, 0.1) is 40.8 Å². The predicted octanol–water partition coefficient (Wildman–Crippen LogP) is 2.05. The average Bonchev–Trinajstić information content (AvgIpc) is 2.77. The van der Waals surface area contributed by atoms with Crippen LogP contribution in [0.5, 0.6) is 0 Å². The second kappa shape index (κ2) is 6.72. The highest BCUT2D eigenvalue weighted by molar-refractivity contribution is 5.82. The van der Waals surface area contributed by atoms with E-state index in [1.165, 1.54) is 0 Å². The lowest BCUT2D eigenvalue weighted by Crippen LogP contribution is -2.97. The molecule has 1 spiro atoms. The number of piperazine rings is 1. The zero-order chi connectivity index (χ0) is 21.0. The van der Waals surface area contributed by atoms with Gasteiger partial charge in [-0.3, -0.25) is 14.8 Å². The molecular weight excluding hydrogens is 392 g/mol. The number of hydrogen-bond acceptors (Lipinski definition) is 7. The summed E-state index contributed by atoms with van der Waals surface area (Å²) in [4.78, 5) is 30.3. The van der Waals surface area contributed by atoms with Gasteiger partial charge >= 0.3 is 0 Å². The third-order valence-corrected chi connectivity index (χ3v) is 7.01. The number of pyridine rings is 1. The molecule has 1 aliphatic carbocycles. The Kier molecular flexibility index (Phi) is 3.95. The van der Waals surface area contributed by atoms with E-state index in [4.69, 9.17) is 10.00 Å². The average molecular weight is 412 g/mol. The predicted molar refractivity (Wildman–Crippen MR) is 112 cm³/mol. The molecule has 4 heterocycles. The first-order valence-corrected chi connectivity index (χ1v) is 10.4. The summed E-state index contributed by atoms with van der Waals surface area (Å²) in [6.07, 6.45) is 7.02. The van der Waals surface area contributed by atoms with Crippen LogP contribution in [0.2, 0.25) is 0 Å². The Labute approximate surface area is 179 Å². The molecule has 3 unspecified atom stereocenters. The minimum atomic E-state index is -0.0546. The van der Waals surface area contributed by atoms with Crippen LogP contribution >= 0.6 is 0 Å². The first-order chi connectivity index (χ1) is 15.2. The zero-order valence-corrected chi connectivity index (χ0v) is 16.8. The van der Waals surface area contributed by atoms with Crippen LogP contribution in [-0.2, 0) is 16.1 Å². The molecule has 3 fully saturated rings. The first-order valence-electron chi connectivity index (χ1n) is 10.4. The van der Waals surface area contributed by atoms with Gasteiger partial charge in [-0.1, -0.05) is 12.1 Å². The lowest BCUT2D eigenvalue weighted by atomic mass is 9.52. The number of nitriles is 1. The van der Waals surface area contributed by atoms with E-state index in [0.717, 1.165) is 35.3 Å². The number of rotatable bonds is 5. The Morgan fingerprint density at radius 2 is 2.10 bits per heavy atom. The van der Waals surface area contributed by atoms with Crippen LogP contribution in [-0.4, -0.2) is 56.5 Å². The minimum Gasteiger partial charge on any atom is -0.367 e. The van der Waals surface area contributed by atoms with Crippen molar-refractivity contribution in [2.45, 2.75) is 37.1 Å². The maximum atomic E-state index is 12.9. The molecule has 3 aromatic rings. The highest BCUT2D eigenvalue weighted by Crippen LogP contribution is 2.61. The third kappa shape index (κ3) is 2.50. The molecule has 0 radical (unpaired) electrons. The third-order valence-electron chi connectivity index (χ3n) is 7.01. The fraction of sp³-hybridized carbons (Fsp3) is 0.348. The molecule has 1 amide bonds. The Bertz CT molecular complexity index is 1210. The molecule has 1 aromatic carbocycles. The molecule has 0 bridgehead atoms. The second-order valence-electron chi connectivity index (χ2n) is 8.32. The van der Waals surface area contributed by atoms with Crippen LogP contribution in [0.4, 0.5) is 5.82 Å². The molecule has 6 rings (SSSR count). The second-order valence-corrected chi connectivity index (χ2v) is 8.32. The van der Waals surface area contributed by atoms with Crippen LogP contribution < -0.4 is 4.90 Å². The number of carbonyl (C=O) groups is 1. The Morgan fingerprint density at radius 3 is 2.84 bits per heavy atom. The van der Waals surface area contributed by atoms with E-state index in [9.17, 15) is 4.79 Å². The van der Waals surface area contributed by atoms with Crippen molar-refractivity contribution in [1.29, 1.82) is 5.26 Å². The number of anilines is 1. The van der Waals surface area contributed by atoms with Gasteiger partial charge in [0, 0.05) is 30.7 Å². The van der Waals surface area contributed by atoms with Crippen LogP contribution in [0.1, 0.15) is 24.0 Å². The number of aromatic nitrogens is 3. The number of piperidine rings is 1. The maximum absolute atomic E-state index is 12.9. The van der Waals surface area contributed by atoms with Gasteiger partial charge in [-0.05, 0) is 31.0 Å². The molecule has 3 atom stereocenters. The molecule has 2 aliphatic heterocycles. The largest absolute Gasteiger partial charge is 0.367 e. The number of fused-ring (bicyclic) bond motifs is 1. The first kappa shape index (κ1) is 18.2. The molecule has 1 saturated carbocycles. The molecule has 2 saturated heterocycles. The van der Waals surface area contributed by atoms with Crippen molar-refractivity contribution >= 4 is 22.8 Å². The van der Waals surface area contributed by atoms with Gasteiger partial charge in [0.25, 0.3) is 0 Å². The number of ether oxygens (including phenoxy) is 1. The van der Waals surface area contributed by atoms with Gasteiger partial charge in [0.1, 0.15) is 18.5 Å². The number of likely N-dealkylation sites (tertiary alicyclic amines) is 1. The summed E-state index contributed by atoms with van der Waals surface area (Å²) in [6.45, 7) is 1.09. The lowest BCUT2D eigenvalue weighted by molar-refractivity contribution is -0.196. The summed E-state index contributed by atoms with van der Waals surface area (Å²) in [7, 11) is 0. The van der Waals surface area contributed by atoms with Gasteiger partial charge in [-0.25, -0.2) is 4.98 Å². The minimum absolute atomic E-state index is 0.0414. The number of nitrogens with zero attached hydrogens (tertiary/aromatic N) is 6. The van der Waals surface area contributed by atoms with Crippen molar-refractivity contribution in [3.63, 3.8) is 0 Å². The van der Waals surface area contributed by atoms with Crippen LogP contribution in [0.25, 0.3) is 11.0 Å². The van der Waals surface area contributed by atoms with E-state index in [0.29, 0.717) is 30.8 Å². The molecule has 154 valence electrons. The molecule has 0 N–H and O–H groups in total. The number of amides is 1. The van der Waals surface area contributed by atoms with Crippen molar-refractivity contribution in [1.82, 2.24) is 19.9 Å². The van der Waals surface area contributed by atoms with Crippen LogP contribution in [0.3, 0.4) is 0 Å². The topological polar surface area (TPSA) is 95.2 Å². The molecule has 3 aliphatic rings. The van der Waals surface area contributed by atoms with Gasteiger partial charge < -0.3 is 14.5 Å². The summed E-state index contributed by atoms with van der Waals surface area (Å²) in [5, 5.41) is 8.97. The van der Waals surface area contributed by atoms with Gasteiger partial charge in [-0.15, -0.1) is 0 Å². The van der Waals surface area contributed by atoms with E-state index in [1.54, 1.807) is 24.7 Å². The molecule has 8 nitrogen and oxygen atoms in total. The quantitative estimate of drug-likeness (QED) is 0.633. The molecule has 31 heavy (non-hydrogen) atoms. The van der Waals surface area contributed by atoms with E-state index in [-0.39, 0.29) is 18.1 Å². The molecular formula is C23H20N6O2. The SMILES string of the molecule is N#Cc1ccc(N2C3CCC34C2CN4C(=O)COCc2cccc3nccnc23)nc1. The summed E-state index contributed by atoms with van der Waals surface area (Å²) < 4.78 is 5.78. The number of benzene rings is 1. The number of para-hydroxylation sites is 1. The number of hydrogen-bond donors (Lipinski definition) is 0. The highest BCUT2D eigenvalue weighted by atomic mass is 16.5. The fourth-order valence-corrected chi connectivity index (χ4v) is 5.44. The Morgan fingerprint density at radius 1 is 1.19 bits per heavy atom. The summed E-state index contributed by atoms with van der Waals surface area (Å²) >= 11 is 0. The van der Waals surface area contributed by atoms with E-state index >= 15 is 0 Å². The molecule has 8 heteroatoms. The molecule has 2 aromatic heterocycles. The van der Waals surface area contributed by atoms with Gasteiger partial charge in [-0.2, -0.15) is 5.26 Å². The van der Waals surface area contributed by atoms with E-state index < -0.39 is 0 Å². The van der Waals surface area contributed by atoms with Crippen molar-refractivity contribution in [2.24, 2.45) is 0 Å². The Balaban J connectivity index is 1.09. The lowest BCUT2D eigenvalue weighted by Gasteiger charge is -2.80.